The second-order valence-corrected chi connectivity index (χ2v) is 7.08. The van der Waals surface area contributed by atoms with E-state index in [4.69, 9.17) is 11.6 Å². The van der Waals surface area contributed by atoms with Gasteiger partial charge in [0.15, 0.2) is 6.54 Å². The number of carbonyl (C=O) groups is 1. The average molecular weight is 326 g/mol. The van der Waals surface area contributed by atoms with E-state index in [1.807, 2.05) is 0 Å². The van der Waals surface area contributed by atoms with Crippen molar-refractivity contribution in [1.29, 1.82) is 0 Å². The molecule has 1 unspecified atom stereocenters. The van der Waals surface area contributed by atoms with E-state index in [-0.39, 0.29) is 11.6 Å². The van der Waals surface area contributed by atoms with Gasteiger partial charge in [0.05, 0.1) is 18.8 Å². The van der Waals surface area contributed by atoms with Crippen LogP contribution in [0.15, 0.2) is 18.2 Å². The molecular weight excluding hydrogens is 303 g/mol. The van der Waals surface area contributed by atoms with Crippen LogP contribution in [0.25, 0.3) is 0 Å². The van der Waals surface area contributed by atoms with E-state index in [1.165, 1.54) is 55.2 Å². The molecule has 3 atom stereocenters. The number of halogens is 2. The number of amides is 1. The molecule has 22 heavy (non-hydrogen) atoms. The molecule has 3 rings (SSSR count). The largest absolute Gasteiger partial charge is 0.327 e. The first kappa shape index (κ1) is 15.8. The maximum atomic E-state index is 13.6. The predicted octanol–water partition coefficient (Wildman–Crippen LogP) is 2.51. The summed E-state index contributed by atoms with van der Waals surface area (Å²) in [5.41, 5.74) is 0.171. The quantitative estimate of drug-likeness (QED) is 0.879. The van der Waals surface area contributed by atoms with E-state index in [0.29, 0.717) is 11.6 Å². The standard InChI is InChI=1S/C17H22ClFN2O/c18-14-5-6-15(19)16(9-14)20-17(22)11-21-8-7-12-3-1-2-4-13(12)10-21/h5-6,9,12-13H,1-4,7-8,10-11H2,(H,20,22)/p+1/t12-,13-/m1/s1. The van der Waals surface area contributed by atoms with Crippen LogP contribution in [-0.4, -0.2) is 25.5 Å². The maximum absolute atomic E-state index is 13.6. The molecule has 5 heteroatoms. The van der Waals surface area contributed by atoms with Gasteiger partial charge in [0.25, 0.3) is 5.91 Å². The molecule has 1 aromatic carbocycles. The van der Waals surface area contributed by atoms with Gasteiger partial charge in [-0.1, -0.05) is 24.4 Å². The number of rotatable bonds is 3. The molecule has 1 aromatic rings. The van der Waals surface area contributed by atoms with Crippen molar-refractivity contribution in [2.24, 2.45) is 11.8 Å². The molecule has 3 nitrogen and oxygen atoms in total. The fourth-order valence-electron chi connectivity index (χ4n) is 3.97. The normalized spacial score (nSPS) is 28.0. The van der Waals surface area contributed by atoms with Gasteiger partial charge < -0.3 is 10.2 Å². The first-order valence-electron chi connectivity index (χ1n) is 8.20. The Labute approximate surface area is 135 Å². The molecule has 1 aliphatic carbocycles. The lowest BCUT2D eigenvalue weighted by Gasteiger charge is -2.38. The molecule has 1 amide bonds. The van der Waals surface area contributed by atoms with Crippen LogP contribution in [0.3, 0.4) is 0 Å². The first-order chi connectivity index (χ1) is 10.6. The van der Waals surface area contributed by atoms with Crippen LogP contribution in [0.1, 0.15) is 32.1 Å². The minimum absolute atomic E-state index is 0.134. The molecule has 1 aliphatic heterocycles. The van der Waals surface area contributed by atoms with Crippen LogP contribution in [0, 0.1) is 17.7 Å². The van der Waals surface area contributed by atoms with Gasteiger partial charge in [-0.05, 0) is 43.4 Å². The molecule has 120 valence electrons. The molecule has 2 fully saturated rings. The third-order valence-corrected chi connectivity index (χ3v) is 5.33. The summed E-state index contributed by atoms with van der Waals surface area (Å²) in [6.45, 7) is 2.54. The van der Waals surface area contributed by atoms with Crippen LogP contribution in [0.5, 0.6) is 0 Å². The zero-order valence-corrected chi connectivity index (χ0v) is 13.5. The van der Waals surface area contributed by atoms with Crippen molar-refractivity contribution >= 4 is 23.2 Å². The van der Waals surface area contributed by atoms with Gasteiger partial charge >= 0.3 is 0 Å². The smallest absolute Gasteiger partial charge is 0.279 e. The molecular formula is C17H23ClFN2O+. The Morgan fingerprint density at radius 1 is 1.27 bits per heavy atom. The second kappa shape index (κ2) is 6.97. The molecule has 2 aliphatic rings. The highest BCUT2D eigenvalue weighted by Crippen LogP contribution is 2.32. The van der Waals surface area contributed by atoms with Gasteiger partial charge in [-0.3, -0.25) is 4.79 Å². The average Bonchev–Trinajstić information content (AvgIpc) is 2.51. The molecule has 2 N–H and O–H groups in total. The number of hydrogen-bond acceptors (Lipinski definition) is 1. The van der Waals surface area contributed by atoms with Crippen molar-refractivity contribution in [3.8, 4) is 0 Å². The molecule has 1 saturated carbocycles. The number of likely N-dealkylation sites (tertiary alicyclic amines) is 1. The van der Waals surface area contributed by atoms with Crippen LogP contribution in [0.4, 0.5) is 10.1 Å². The first-order valence-corrected chi connectivity index (χ1v) is 8.58. The van der Waals surface area contributed by atoms with Crippen molar-refractivity contribution < 1.29 is 14.1 Å². The second-order valence-electron chi connectivity index (χ2n) is 6.65. The Morgan fingerprint density at radius 2 is 2.05 bits per heavy atom. The maximum Gasteiger partial charge on any atom is 0.279 e. The number of quaternary nitrogens is 1. The highest BCUT2D eigenvalue weighted by atomic mass is 35.5. The fourth-order valence-corrected chi connectivity index (χ4v) is 4.14. The predicted molar refractivity (Wildman–Crippen MR) is 85.7 cm³/mol. The van der Waals surface area contributed by atoms with E-state index >= 15 is 0 Å². The van der Waals surface area contributed by atoms with Gasteiger partial charge in [0.2, 0.25) is 0 Å². The van der Waals surface area contributed by atoms with Crippen LogP contribution < -0.4 is 10.2 Å². The third-order valence-electron chi connectivity index (χ3n) is 5.10. The molecule has 1 heterocycles. The monoisotopic (exact) mass is 325 g/mol. The van der Waals surface area contributed by atoms with Crippen molar-refractivity contribution in [3.05, 3.63) is 29.0 Å². The molecule has 0 bridgehead atoms. The summed E-state index contributed by atoms with van der Waals surface area (Å²) in [4.78, 5) is 13.5. The number of benzene rings is 1. The zero-order valence-electron chi connectivity index (χ0n) is 12.7. The highest BCUT2D eigenvalue weighted by molar-refractivity contribution is 6.30. The zero-order chi connectivity index (χ0) is 15.5. The number of fused-ring (bicyclic) bond motifs is 1. The lowest BCUT2D eigenvalue weighted by atomic mass is 9.75. The van der Waals surface area contributed by atoms with Crippen LogP contribution in [-0.2, 0) is 4.79 Å². The van der Waals surface area contributed by atoms with Crippen LogP contribution >= 0.6 is 11.6 Å². The number of hydrogen-bond donors (Lipinski definition) is 2. The SMILES string of the molecule is O=C(C[NH+]1CC[C@H]2CCCC[C@@H]2C1)Nc1cc(Cl)ccc1F. The van der Waals surface area contributed by atoms with Crippen molar-refractivity contribution in [2.75, 3.05) is 25.0 Å². The number of anilines is 1. The summed E-state index contributed by atoms with van der Waals surface area (Å²) in [6.07, 6.45) is 6.58. The summed E-state index contributed by atoms with van der Waals surface area (Å²) >= 11 is 5.85. The van der Waals surface area contributed by atoms with Crippen molar-refractivity contribution in [2.45, 2.75) is 32.1 Å². The van der Waals surface area contributed by atoms with Gasteiger partial charge in [-0.25, -0.2) is 4.39 Å². The summed E-state index contributed by atoms with van der Waals surface area (Å²) in [5.74, 6) is 1.06. The van der Waals surface area contributed by atoms with Gasteiger partial charge in [0.1, 0.15) is 5.82 Å². The fraction of sp³-hybridized carbons (Fsp3) is 0.588. The third kappa shape index (κ3) is 3.79. The summed E-state index contributed by atoms with van der Waals surface area (Å²) in [5, 5.41) is 3.07. The lowest BCUT2D eigenvalue weighted by Crippen LogP contribution is -3.15. The van der Waals surface area contributed by atoms with E-state index in [9.17, 15) is 9.18 Å². The molecule has 0 spiro atoms. The van der Waals surface area contributed by atoms with E-state index in [2.05, 4.69) is 5.32 Å². The Bertz CT molecular complexity index is 551. The van der Waals surface area contributed by atoms with Gasteiger partial charge in [0, 0.05) is 10.9 Å². The van der Waals surface area contributed by atoms with Gasteiger partial charge in [-0.15, -0.1) is 0 Å². The minimum Gasteiger partial charge on any atom is -0.327 e. The van der Waals surface area contributed by atoms with E-state index in [1.54, 1.807) is 0 Å². The summed E-state index contributed by atoms with van der Waals surface area (Å²) in [6, 6.07) is 4.21. The van der Waals surface area contributed by atoms with Crippen LogP contribution in [0.2, 0.25) is 5.02 Å². The van der Waals surface area contributed by atoms with Crippen molar-refractivity contribution in [1.82, 2.24) is 0 Å². The number of nitrogens with one attached hydrogen (secondary N) is 2. The minimum atomic E-state index is -0.446. The summed E-state index contributed by atoms with van der Waals surface area (Å²) in [7, 11) is 0. The Morgan fingerprint density at radius 3 is 2.86 bits per heavy atom. The number of carbonyl (C=O) groups excluding carboxylic acids is 1. The molecule has 0 aromatic heterocycles. The Hall–Kier alpha value is -1.13. The lowest BCUT2D eigenvalue weighted by molar-refractivity contribution is -0.902. The Kier molecular flexibility index (Phi) is 4.99. The van der Waals surface area contributed by atoms with Gasteiger partial charge in [-0.2, -0.15) is 0 Å². The van der Waals surface area contributed by atoms with Crippen molar-refractivity contribution in [3.63, 3.8) is 0 Å². The molecule has 1 saturated heterocycles. The highest BCUT2D eigenvalue weighted by Gasteiger charge is 2.34. The number of piperidine rings is 1. The Balaban J connectivity index is 1.54. The topological polar surface area (TPSA) is 33.5 Å². The van der Waals surface area contributed by atoms with E-state index < -0.39 is 5.82 Å². The summed E-state index contributed by atoms with van der Waals surface area (Å²) < 4.78 is 13.6. The van der Waals surface area contributed by atoms with E-state index in [0.717, 1.165) is 24.9 Å². The molecule has 0 radical (unpaired) electrons.